The summed E-state index contributed by atoms with van der Waals surface area (Å²) in [5.74, 6) is -1.22. The van der Waals surface area contributed by atoms with Crippen molar-refractivity contribution in [1.29, 1.82) is 0 Å². The Hall–Kier alpha value is -1.63. The van der Waals surface area contributed by atoms with Gasteiger partial charge in [0.2, 0.25) is 11.8 Å². The number of carbonyl (C=O) groups excluding carboxylic acids is 2. The maximum Gasteiger partial charge on any atom is 0.326 e. The predicted molar refractivity (Wildman–Crippen MR) is 66.2 cm³/mol. The summed E-state index contributed by atoms with van der Waals surface area (Å²) in [7, 11) is 0. The van der Waals surface area contributed by atoms with Gasteiger partial charge in [-0.3, -0.25) is 9.59 Å². The summed E-state index contributed by atoms with van der Waals surface area (Å²) in [6.45, 7) is 1.87. The summed E-state index contributed by atoms with van der Waals surface area (Å²) in [5, 5.41) is 22.4. The first-order valence-electron chi connectivity index (χ1n) is 6.36. The minimum absolute atomic E-state index is 0.0298. The van der Waals surface area contributed by atoms with Gasteiger partial charge < -0.3 is 20.8 Å². The Kier molecular flexibility index (Phi) is 5.75. The molecule has 0 bridgehead atoms. The van der Waals surface area contributed by atoms with Crippen LogP contribution in [0.2, 0.25) is 0 Å². The van der Waals surface area contributed by atoms with Crippen molar-refractivity contribution >= 4 is 17.8 Å². The summed E-state index contributed by atoms with van der Waals surface area (Å²) in [6.07, 6.45) is 0.880. The van der Waals surface area contributed by atoms with E-state index in [9.17, 15) is 14.4 Å². The number of rotatable bonds is 8. The molecule has 7 heteroatoms. The quantitative estimate of drug-likeness (QED) is 0.457. The zero-order valence-electron chi connectivity index (χ0n) is 10.9. The number of hydrogen-bond donors (Lipinski definition) is 4. The lowest BCUT2D eigenvalue weighted by Crippen LogP contribution is -2.42. The standard InChI is InChI=1S/C12H20N2O5/c1-7-6-8(7)11(17)13-4-2-10(16)14-9(3-5-15)12(18)19/h7-9,15H,2-6H2,1H3,(H,13,17)(H,14,16)(H,18,19). The lowest BCUT2D eigenvalue weighted by atomic mass is 10.2. The number of carboxylic acids is 1. The molecule has 0 aliphatic heterocycles. The minimum atomic E-state index is -1.18. The molecule has 108 valence electrons. The second-order valence-corrected chi connectivity index (χ2v) is 4.83. The Labute approximate surface area is 111 Å². The van der Waals surface area contributed by atoms with Gasteiger partial charge in [-0.15, -0.1) is 0 Å². The molecule has 3 atom stereocenters. The average Bonchev–Trinajstić information content (AvgIpc) is 3.05. The molecule has 0 aromatic heterocycles. The van der Waals surface area contributed by atoms with Crippen LogP contribution in [0, 0.1) is 11.8 Å². The van der Waals surface area contributed by atoms with Crippen LogP contribution >= 0.6 is 0 Å². The van der Waals surface area contributed by atoms with E-state index >= 15 is 0 Å². The second kappa shape index (κ2) is 7.08. The maximum atomic E-state index is 11.5. The van der Waals surface area contributed by atoms with E-state index in [1.165, 1.54) is 0 Å². The van der Waals surface area contributed by atoms with E-state index in [2.05, 4.69) is 10.6 Å². The monoisotopic (exact) mass is 272 g/mol. The number of hydrogen-bond acceptors (Lipinski definition) is 4. The average molecular weight is 272 g/mol. The third kappa shape index (κ3) is 5.25. The molecule has 19 heavy (non-hydrogen) atoms. The van der Waals surface area contributed by atoms with Crippen LogP contribution in [0.3, 0.4) is 0 Å². The van der Waals surface area contributed by atoms with Crippen LogP contribution in [0.25, 0.3) is 0 Å². The Morgan fingerprint density at radius 3 is 2.47 bits per heavy atom. The van der Waals surface area contributed by atoms with Crippen molar-refractivity contribution in [2.45, 2.75) is 32.2 Å². The number of carboxylic acid groups (broad SMARTS) is 1. The molecule has 3 unspecified atom stereocenters. The first-order chi connectivity index (χ1) is 8.95. The molecule has 0 aromatic carbocycles. The molecular weight excluding hydrogens is 252 g/mol. The van der Waals surface area contributed by atoms with Crippen molar-refractivity contribution in [3.8, 4) is 0 Å². The number of aliphatic hydroxyl groups excluding tert-OH is 1. The Balaban J connectivity index is 2.19. The Bertz CT molecular complexity index is 358. The van der Waals surface area contributed by atoms with Crippen LogP contribution in [-0.2, 0) is 14.4 Å². The van der Waals surface area contributed by atoms with Crippen molar-refractivity contribution in [1.82, 2.24) is 10.6 Å². The van der Waals surface area contributed by atoms with Gasteiger partial charge in [0.15, 0.2) is 0 Å². The number of nitrogens with one attached hydrogen (secondary N) is 2. The molecular formula is C12H20N2O5. The van der Waals surface area contributed by atoms with Gasteiger partial charge in [-0.1, -0.05) is 6.92 Å². The molecule has 2 amide bonds. The fraction of sp³-hybridized carbons (Fsp3) is 0.750. The van der Waals surface area contributed by atoms with E-state index in [0.29, 0.717) is 5.92 Å². The van der Waals surface area contributed by atoms with Crippen LogP contribution in [0.15, 0.2) is 0 Å². The molecule has 1 fully saturated rings. The van der Waals surface area contributed by atoms with Crippen molar-refractivity contribution in [3.63, 3.8) is 0 Å². The van der Waals surface area contributed by atoms with Gasteiger partial charge in [-0.05, 0) is 12.3 Å². The first kappa shape index (κ1) is 15.4. The van der Waals surface area contributed by atoms with Gasteiger partial charge in [0, 0.05) is 31.9 Å². The van der Waals surface area contributed by atoms with E-state index in [0.717, 1.165) is 6.42 Å². The van der Waals surface area contributed by atoms with Gasteiger partial charge in [0.1, 0.15) is 6.04 Å². The van der Waals surface area contributed by atoms with E-state index in [1.54, 1.807) is 0 Å². The first-order valence-corrected chi connectivity index (χ1v) is 6.36. The molecule has 1 rings (SSSR count). The molecule has 1 aliphatic carbocycles. The lowest BCUT2D eigenvalue weighted by molar-refractivity contribution is -0.142. The zero-order chi connectivity index (χ0) is 14.4. The van der Waals surface area contributed by atoms with E-state index in [1.807, 2.05) is 6.92 Å². The summed E-state index contributed by atoms with van der Waals surface area (Å²) in [4.78, 5) is 33.7. The third-order valence-electron chi connectivity index (χ3n) is 3.15. The summed E-state index contributed by atoms with van der Waals surface area (Å²) in [6, 6.07) is -1.09. The van der Waals surface area contributed by atoms with Gasteiger partial charge >= 0.3 is 5.97 Å². The largest absolute Gasteiger partial charge is 0.480 e. The van der Waals surface area contributed by atoms with Crippen molar-refractivity contribution < 1.29 is 24.6 Å². The fourth-order valence-electron chi connectivity index (χ4n) is 1.77. The fourth-order valence-corrected chi connectivity index (χ4v) is 1.77. The van der Waals surface area contributed by atoms with Crippen LogP contribution in [0.1, 0.15) is 26.2 Å². The van der Waals surface area contributed by atoms with E-state index in [-0.39, 0.29) is 37.8 Å². The van der Waals surface area contributed by atoms with Crippen molar-refractivity contribution in [2.24, 2.45) is 11.8 Å². The normalized spacial score (nSPS) is 22.4. The molecule has 0 aromatic rings. The lowest BCUT2D eigenvalue weighted by Gasteiger charge is -2.13. The summed E-state index contributed by atoms with van der Waals surface area (Å²) < 4.78 is 0. The molecule has 0 saturated heterocycles. The second-order valence-electron chi connectivity index (χ2n) is 4.83. The molecule has 0 spiro atoms. The van der Waals surface area contributed by atoms with Gasteiger partial charge in [-0.25, -0.2) is 4.79 Å². The van der Waals surface area contributed by atoms with Gasteiger partial charge in [-0.2, -0.15) is 0 Å². The number of aliphatic carboxylic acids is 1. The SMILES string of the molecule is CC1CC1C(=O)NCCC(=O)NC(CCO)C(=O)O. The zero-order valence-corrected chi connectivity index (χ0v) is 10.9. The van der Waals surface area contributed by atoms with Crippen LogP contribution in [0.4, 0.5) is 0 Å². The number of aliphatic hydroxyl groups is 1. The summed E-state index contributed by atoms with van der Waals surface area (Å²) >= 11 is 0. The molecule has 1 saturated carbocycles. The molecule has 4 N–H and O–H groups in total. The molecule has 0 heterocycles. The highest BCUT2D eigenvalue weighted by atomic mass is 16.4. The van der Waals surface area contributed by atoms with E-state index < -0.39 is 17.9 Å². The topological polar surface area (TPSA) is 116 Å². The molecule has 0 radical (unpaired) electrons. The van der Waals surface area contributed by atoms with Gasteiger partial charge in [0.25, 0.3) is 0 Å². The van der Waals surface area contributed by atoms with E-state index in [4.69, 9.17) is 10.2 Å². The predicted octanol–water partition coefficient (Wildman–Crippen LogP) is -0.899. The highest BCUT2D eigenvalue weighted by molar-refractivity contribution is 5.85. The highest BCUT2D eigenvalue weighted by Gasteiger charge is 2.38. The van der Waals surface area contributed by atoms with Crippen molar-refractivity contribution in [2.75, 3.05) is 13.2 Å². The smallest absolute Gasteiger partial charge is 0.326 e. The highest BCUT2D eigenvalue weighted by Crippen LogP contribution is 2.37. The number of carbonyl (C=O) groups is 3. The van der Waals surface area contributed by atoms with Crippen molar-refractivity contribution in [3.05, 3.63) is 0 Å². The molecule has 1 aliphatic rings. The van der Waals surface area contributed by atoms with Crippen LogP contribution < -0.4 is 10.6 Å². The van der Waals surface area contributed by atoms with Gasteiger partial charge in [0.05, 0.1) is 0 Å². The van der Waals surface area contributed by atoms with Crippen LogP contribution in [-0.4, -0.2) is 47.2 Å². The Morgan fingerprint density at radius 1 is 1.37 bits per heavy atom. The minimum Gasteiger partial charge on any atom is -0.480 e. The summed E-state index contributed by atoms with van der Waals surface area (Å²) in [5.41, 5.74) is 0. The maximum absolute atomic E-state index is 11.5. The molecule has 7 nitrogen and oxygen atoms in total. The third-order valence-corrected chi connectivity index (χ3v) is 3.15. The van der Waals surface area contributed by atoms with Crippen LogP contribution in [0.5, 0.6) is 0 Å². The number of amides is 2. The Morgan fingerprint density at radius 2 is 2.00 bits per heavy atom.